The van der Waals surface area contributed by atoms with Gasteiger partial charge in [-0.2, -0.15) is 0 Å². The Hall–Kier alpha value is -1.58. The first-order chi connectivity index (χ1) is 6.74. The maximum absolute atomic E-state index is 11.4. The molecule has 4 heteroatoms. The predicted octanol–water partition coefficient (Wildman–Crippen LogP) is 1.70. The van der Waals surface area contributed by atoms with Gasteiger partial charge >= 0.3 is 0 Å². The van der Waals surface area contributed by atoms with E-state index in [4.69, 9.17) is 0 Å². The van der Waals surface area contributed by atoms with Gasteiger partial charge in [0.2, 0.25) is 5.43 Å². The van der Waals surface area contributed by atoms with Gasteiger partial charge in [-0.15, -0.1) is 0 Å². The van der Waals surface area contributed by atoms with Crippen LogP contribution in [-0.2, 0) is 0 Å². The first kappa shape index (κ1) is 8.99. The molecule has 0 aromatic carbocycles. The van der Waals surface area contributed by atoms with Crippen LogP contribution in [0, 0.1) is 0 Å². The van der Waals surface area contributed by atoms with E-state index < -0.39 is 0 Å². The predicted molar refractivity (Wildman–Crippen MR) is 55.4 cm³/mol. The van der Waals surface area contributed by atoms with Gasteiger partial charge in [-0.1, -0.05) is 6.92 Å². The molecule has 2 aromatic rings. The molecule has 0 radical (unpaired) electrons. The zero-order valence-corrected chi connectivity index (χ0v) is 8.32. The average molecular weight is 191 g/mol. The number of nitrogens with zero attached hydrogens (tertiary/aromatic N) is 2. The lowest BCUT2D eigenvalue weighted by Gasteiger charge is -2.10. The Morgan fingerprint density at radius 1 is 1.64 bits per heavy atom. The molecule has 74 valence electrons. The van der Waals surface area contributed by atoms with Crippen LogP contribution in [-0.4, -0.2) is 14.5 Å². The molecule has 2 heterocycles. The Balaban J connectivity index is 2.70. The van der Waals surface area contributed by atoms with Crippen LogP contribution in [0.2, 0.25) is 0 Å². The molecule has 1 N–H and O–H groups in total. The fraction of sp³-hybridized carbons (Fsp3) is 0.400. The normalized spacial score (nSPS) is 13.3. The maximum atomic E-state index is 11.4. The van der Waals surface area contributed by atoms with Crippen molar-refractivity contribution in [1.82, 2.24) is 14.5 Å². The molecule has 1 unspecified atom stereocenters. The van der Waals surface area contributed by atoms with Crippen LogP contribution in [0.15, 0.2) is 23.4 Å². The molecule has 0 saturated carbocycles. The number of aromatic nitrogens is 3. The standard InChI is InChI=1S/C10H13N3O/c1-3-7(2)13-6-12-9-8(14)4-5-11-10(9)13/h4-7H,3H2,1-2H3,(H,11,14). The molecule has 1 atom stereocenters. The number of imidazole rings is 1. The summed E-state index contributed by atoms with van der Waals surface area (Å²) in [7, 11) is 0. The number of fused-ring (bicyclic) bond motifs is 1. The third kappa shape index (κ3) is 1.23. The molecule has 14 heavy (non-hydrogen) atoms. The van der Waals surface area contributed by atoms with Crippen LogP contribution in [0.3, 0.4) is 0 Å². The van der Waals surface area contributed by atoms with Crippen molar-refractivity contribution in [1.29, 1.82) is 0 Å². The summed E-state index contributed by atoms with van der Waals surface area (Å²) in [6.45, 7) is 4.21. The van der Waals surface area contributed by atoms with E-state index in [9.17, 15) is 4.79 Å². The topological polar surface area (TPSA) is 50.7 Å². The average Bonchev–Trinajstić information content (AvgIpc) is 2.62. The molecule has 2 aromatic heterocycles. The van der Waals surface area contributed by atoms with Crippen molar-refractivity contribution in [2.24, 2.45) is 0 Å². The highest BCUT2D eigenvalue weighted by Gasteiger charge is 2.09. The highest BCUT2D eigenvalue weighted by molar-refractivity contribution is 5.70. The monoisotopic (exact) mass is 191 g/mol. The van der Waals surface area contributed by atoms with Crippen molar-refractivity contribution in [3.05, 3.63) is 28.8 Å². The van der Waals surface area contributed by atoms with Gasteiger partial charge in [-0.3, -0.25) is 4.79 Å². The molecule has 0 spiro atoms. The molecule has 0 bridgehead atoms. The summed E-state index contributed by atoms with van der Waals surface area (Å²) in [6.07, 6.45) is 4.39. The fourth-order valence-electron chi connectivity index (χ4n) is 1.49. The molecule has 2 rings (SSSR count). The van der Waals surface area contributed by atoms with Gasteiger partial charge in [0.15, 0.2) is 5.52 Å². The summed E-state index contributed by atoms with van der Waals surface area (Å²) >= 11 is 0. The Labute approximate surface area is 81.6 Å². The number of rotatable bonds is 2. The largest absolute Gasteiger partial charge is 0.346 e. The molecular formula is C10H13N3O. The molecule has 0 saturated heterocycles. The molecule has 0 aliphatic rings. The van der Waals surface area contributed by atoms with E-state index in [1.165, 1.54) is 6.07 Å². The molecule has 0 amide bonds. The quantitative estimate of drug-likeness (QED) is 0.785. The van der Waals surface area contributed by atoms with E-state index in [0.717, 1.165) is 12.1 Å². The second-order valence-electron chi connectivity index (χ2n) is 3.45. The number of H-pyrrole nitrogens is 1. The van der Waals surface area contributed by atoms with Crippen molar-refractivity contribution >= 4 is 11.2 Å². The molecule has 0 fully saturated rings. The lowest BCUT2D eigenvalue weighted by Crippen LogP contribution is -2.05. The van der Waals surface area contributed by atoms with Crippen molar-refractivity contribution in [2.75, 3.05) is 0 Å². The van der Waals surface area contributed by atoms with E-state index in [0.29, 0.717) is 11.6 Å². The summed E-state index contributed by atoms with van der Waals surface area (Å²) in [5.74, 6) is 0. The Morgan fingerprint density at radius 3 is 3.14 bits per heavy atom. The van der Waals surface area contributed by atoms with Crippen molar-refractivity contribution in [3.8, 4) is 0 Å². The first-order valence-corrected chi connectivity index (χ1v) is 4.78. The first-order valence-electron chi connectivity index (χ1n) is 4.78. The lowest BCUT2D eigenvalue weighted by molar-refractivity contribution is 0.541. The summed E-state index contributed by atoms with van der Waals surface area (Å²) < 4.78 is 2.00. The Morgan fingerprint density at radius 2 is 2.43 bits per heavy atom. The van der Waals surface area contributed by atoms with E-state index in [-0.39, 0.29) is 5.43 Å². The zero-order valence-electron chi connectivity index (χ0n) is 8.32. The van der Waals surface area contributed by atoms with Gasteiger partial charge in [-0.05, 0) is 13.3 Å². The van der Waals surface area contributed by atoms with Crippen molar-refractivity contribution in [3.63, 3.8) is 0 Å². The maximum Gasteiger partial charge on any atom is 0.209 e. The SMILES string of the molecule is CCC(C)n1cnc2c(=O)cc[nH]c21. The minimum Gasteiger partial charge on any atom is -0.346 e. The number of hydrogen-bond acceptors (Lipinski definition) is 2. The lowest BCUT2D eigenvalue weighted by atomic mass is 10.2. The van der Waals surface area contributed by atoms with Crippen molar-refractivity contribution in [2.45, 2.75) is 26.3 Å². The molecule has 4 nitrogen and oxygen atoms in total. The minimum atomic E-state index is -0.0270. The zero-order chi connectivity index (χ0) is 10.1. The van der Waals surface area contributed by atoms with E-state index in [2.05, 4.69) is 23.8 Å². The van der Waals surface area contributed by atoms with Crippen LogP contribution in [0.1, 0.15) is 26.3 Å². The summed E-state index contributed by atoms with van der Waals surface area (Å²) in [5, 5.41) is 0. The van der Waals surface area contributed by atoms with Gasteiger partial charge in [0, 0.05) is 18.3 Å². The number of aromatic amines is 1. The van der Waals surface area contributed by atoms with Crippen molar-refractivity contribution < 1.29 is 0 Å². The second-order valence-corrected chi connectivity index (χ2v) is 3.45. The van der Waals surface area contributed by atoms with Crippen LogP contribution in [0.25, 0.3) is 11.2 Å². The van der Waals surface area contributed by atoms with Crippen LogP contribution >= 0.6 is 0 Å². The number of pyridine rings is 1. The third-order valence-electron chi connectivity index (χ3n) is 2.55. The van der Waals surface area contributed by atoms with Crippen LogP contribution < -0.4 is 5.43 Å². The third-order valence-corrected chi connectivity index (χ3v) is 2.55. The highest BCUT2D eigenvalue weighted by atomic mass is 16.1. The van der Waals surface area contributed by atoms with Gasteiger partial charge in [0.1, 0.15) is 5.65 Å². The van der Waals surface area contributed by atoms with Crippen LogP contribution in [0.5, 0.6) is 0 Å². The summed E-state index contributed by atoms with van der Waals surface area (Å²) in [6, 6.07) is 1.86. The highest BCUT2D eigenvalue weighted by Crippen LogP contribution is 2.14. The van der Waals surface area contributed by atoms with Gasteiger partial charge in [-0.25, -0.2) is 4.98 Å². The van der Waals surface area contributed by atoms with Gasteiger partial charge in [0.25, 0.3) is 0 Å². The van der Waals surface area contributed by atoms with Gasteiger partial charge < -0.3 is 9.55 Å². The summed E-state index contributed by atoms with van der Waals surface area (Å²) in [5.41, 5.74) is 1.31. The van der Waals surface area contributed by atoms with Gasteiger partial charge in [0.05, 0.1) is 6.33 Å². The van der Waals surface area contributed by atoms with E-state index in [1.54, 1.807) is 12.5 Å². The Bertz CT molecular complexity index is 497. The Kier molecular flexibility index (Phi) is 2.11. The second kappa shape index (κ2) is 3.29. The molecule has 0 aliphatic heterocycles. The smallest absolute Gasteiger partial charge is 0.209 e. The van der Waals surface area contributed by atoms with E-state index in [1.807, 2.05) is 4.57 Å². The fourth-order valence-corrected chi connectivity index (χ4v) is 1.49. The number of hydrogen-bond donors (Lipinski definition) is 1. The molecule has 0 aliphatic carbocycles. The summed E-state index contributed by atoms with van der Waals surface area (Å²) in [4.78, 5) is 18.6. The molecular weight excluding hydrogens is 178 g/mol. The van der Waals surface area contributed by atoms with Crippen LogP contribution in [0.4, 0.5) is 0 Å². The number of nitrogens with one attached hydrogen (secondary N) is 1. The van der Waals surface area contributed by atoms with E-state index >= 15 is 0 Å². The minimum absolute atomic E-state index is 0.0270.